The fourth-order valence-corrected chi connectivity index (χ4v) is 3.58. The van der Waals surface area contributed by atoms with Crippen LogP contribution in [0.25, 0.3) is 11.2 Å². The standard InChI is InChI=1S/C18H20F3N5O2S/c1-16(2,3)26-13-10(5-6-11(24-13)18(19,20)21)23-15(26)25-12(27)9-17(4,28)14-22-7-8-29-14/h5-8,28H,9H2,1-4H3,(H,23,25,27). The maximum atomic E-state index is 13.1. The molecule has 0 radical (unpaired) electrons. The highest BCUT2D eigenvalue weighted by Crippen LogP contribution is 2.33. The first-order valence-electron chi connectivity index (χ1n) is 8.68. The van der Waals surface area contributed by atoms with Gasteiger partial charge in [0.1, 0.15) is 21.8 Å². The first-order chi connectivity index (χ1) is 13.3. The van der Waals surface area contributed by atoms with E-state index in [0.717, 1.165) is 6.07 Å². The maximum absolute atomic E-state index is 13.1. The molecule has 0 spiro atoms. The first kappa shape index (κ1) is 21.2. The third kappa shape index (κ3) is 4.40. The van der Waals surface area contributed by atoms with Gasteiger partial charge in [0, 0.05) is 17.1 Å². The van der Waals surface area contributed by atoms with E-state index in [0.29, 0.717) is 5.01 Å². The van der Waals surface area contributed by atoms with Gasteiger partial charge in [0.05, 0.1) is 6.42 Å². The van der Waals surface area contributed by atoms with E-state index in [4.69, 9.17) is 0 Å². The Balaban J connectivity index is 1.97. The number of aliphatic hydroxyl groups is 1. The molecule has 2 N–H and O–H groups in total. The largest absolute Gasteiger partial charge is 0.433 e. The maximum Gasteiger partial charge on any atom is 0.433 e. The molecular formula is C18H20F3N5O2S. The van der Waals surface area contributed by atoms with Crippen LogP contribution in [0.3, 0.4) is 0 Å². The van der Waals surface area contributed by atoms with Gasteiger partial charge in [0.2, 0.25) is 11.9 Å². The molecule has 3 rings (SSSR count). The average molecular weight is 427 g/mol. The second-order valence-electron chi connectivity index (χ2n) is 7.81. The van der Waals surface area contributed by atoms with Crippen LogP contribution in [0.5, 0.6) is 0 Å². The number of anilines is 1. The van der Waals surface area contributed by atoms with Crippen molar-refractivity contribution in [1.29, 1.82) is 0 Å². The number of nitrogens with zero attached hydrogens (tertiary/aromatic N) is 4. The number of pyridine rings is 1. The van der Waals surface area contributed by atoms with E-state index in [-0.39, 0.29) is 23.5 Å². The van der Waals surface area contributed by atoms with Gasteiger partial charge in [-0.2, -0.15) is 13.2 Å². The highest BCUT2D eigenvalue weighted by molar-refractivity contribution is 7.09. The number of rotatable bonds is 4. The molecule has 7 nitrogen and oxygen atoms in total. The Labute approximate surface area is 168 Å². The van der Waals surface area contributed by atoms with Gasteiger partial charge in [-0.1, -0.05) is 0 Å². The fraction of sp³-hybridized carbons (Fsp3) is 0.444. The number of carbonyl (C=O) groups is 1. The summed E-state index contributed by atoms with van der Waals surface area (Å²) in [6.07, 6.45) is -3.37. The molecule has 1 unspecified atom stereocenters. The van der Waals surface area contributed by atoms with Gasteiger partial charge < -0.3 is 5.11 Å². The van der Waals surface area contributed by atoms with Gasteiger partial charge in [-0.25, -0.2) is 15.0 Å². The van der Waals surface area contributed by atoms with Crippen molar-refractivity contribution >= 4 is 34.4 Å². The third-order valence-electron chi connectivity index (χ3n) is 4.11. The lowest BCUT2D eigenvalue weighted by Gasteiger charge is -2.25. The number of imidazole rings is 1. The second kappa shape index (κ2) is 7.06. The summed E-state index contributed by atoms with van der Waals surface area (Å²) in [5.74, 6) is -0.499. The summed E-state index contributed by atoms with van der Waals surface area (Å²) in [5, 5.41) is 15.2. The zero-order valence-electron chi connectivity index (χ0n) is 16.2. The quantitative estimate of drug-likeness (QED) is 0.659. The summed E-state index contributed by atoms with van der Waals surface area (Å²) in [5.41, 5.74) is -3.02. The van der Waals surface area contributed by atoms with E-state index in [9.17, 15) is 23.1 Å². The second-order valence-corrected chi connectivity index (χ2v) is 8.71. The van der Waals surface area contributed by atoms with Crippen molar-refractivity contribution in [2.24, 2.45) is 0 Å². The van der Waals surface area contributed by atoms with Crippen molar-refractivity contribution in [2.75, 3.05) is 5.32 Å². The molecule has 0 aliphatic heterocycles. The molecule has 0 aliphatic rings. The molecule has 3 heterocycles. The molecule has 1 amide bonds. The number of carbonyl (C=O) groups excluding carboxylic acids is 1. The van der Waals surface area contributed by atoms with Crippen LogP contribution in [-0.2, 0) is 22.1 Å². The normalized spacial score (nSPS) is 14.8. The monoisotopic (exact) mass is 427 g/mol. The molecule has 0 bridgehead atoms. The molecule has 0 fully saturated rings. The van der Waals surface area contributed by atoms with Crippen molar-refractivity contribution in [3.8, 4) is 0 Å². The number of halogens is 3. The van der Waals surface area contributed by atoms with Crippen LogP contribution in [0.4, 0.5) is 19.1 Å². The molecule has 0 aromatic carbocycles. The number of hydrogen-bond donors (Lipinski definition) is 2. The lowest BCUT2D eigenvalue weighted by molar-refractivity contribution is -0.141. The topological polar surface area (TPSA) is 92.9 Å². The number of thiazole rings is 1. The van der Waals surface area contributed by atoms with E-state index in [1.54, 1.807) is 26.2 Å². The van der Waals surface area contributed by atoms with E-state index < -0.39 is 28.9 Å². The molecular weight excluding hydrogens is 407 g/mol. The summed E-state index contributed by atoms with van der Waals surface area (Å²) in [4.78, 5) is 24.5. The van der Waals surface area contributed by atoms with E-state index in [1.165, 1.54) is 35.1 Å². The molecule has 0 saturated heterocycles. The summed E-state index contributed by atoms with van der Waals surface area (Å²) in [7, 11) is 0. The smallest absolute Gasteiger partial charge is 0.382 e. The third-order valence-corrected chi connectivity index (χ3v) is 5.14. The van der Waals surface area contributed by atoms with Crippen LogP contribution in [0.2, 0.25) is 0 Å². The lowest BCUT2D eigenvalue weighted by atomic mass is 10.0. The lowest BCUT2D eigenvalue weighted by Crippen LogP contribution is -2.31. The summed E-state index contributed by atoms with van der Waals surface area (Å²) in [6, 6.07) is 2.07. The molecule has 156 valence electrons. The van der Waals surface area contributed by atoms with Crippen molar-refractivity contribution < 1.29 is 23.1 Å². The SMILES string of the molecule is CC(O)(CC(=O)Nc1nc2ccc(C(F)(F)F)nc2n1C(C)(C)C)c1nccs1. The molecule has 1 atom stereocenters. The van der Waals surface area contributed by atoms with Crippen molar-refractivity contribution in [3.63, 3.8) is 0 Å². The molecule has 29 heavy (non-hydrogen) atoms. The predicted octanol–water partition coefficient (Wildman–Crippen LogP) is 3.90. The fourth-order valence-electron chi connectivity index (χ4n) is 2.88. The molecule has 3 aromatic heterocycles. The van der Waals surface area contributed by atoms with Gasteiger partial charge >= 0.3 is 6.18 Å². The zero-order chi connectivity index (χ0) is 21.6. The van der Waals surface area contributed by atoms with Crippen LogP contribution in [-0.4, -0.2) is 30.5 Å². The number of amides is 1. The Kier molecular flexibility index (Phi) is 5.16. The Hall–Kier alpha value is -2.53. The minimum absolute atomic E-state index is 0.00862. The Morgan fingerprint density at radius 1 is 1.21 bits per heavy atom. The molecule has 0 saturated carbocycles. The zero-order valence-corrected chi connectivity index (χ0v) is 17.0. The minimum Gasteiger partial charge on any atom is -0.382 e. The van der Waals surface area contributed by atoms with Gasteiger partial charge in [0.25, 0.3) is 0 Å². The Morgan fingerprint density at radius 2 is 1.90 bits per heavy atom. The van der Waals surface area contributed by atoms with Gasteiger partial charge in [-0.05, 0) is 39.8 Å². The molecule has 3 aromatic rings. The van der Waals surface area contributed by atoms with Gasteiger partial charge in [-0.15, -0.1) is 11.3 Å². The number of alkyl halides is 3. The summed E-state index contributed by atoms with van der Waals surface area (Å²) >= 11 is 1.21. The minimum atomic E-state index is -4.60. The number of aromatic nitrogens is 4. The summed E-state index contributed by atoms with van der Waals surface area (Å²) in [6.45, 7) is 6.75. The van der Waals surface area contributed by atoms with E-state index in [1.807, 2.05) is 0 Å². The first-order valence-corrected chi connectivity index (χ1v) is 9.56. The Morgan fingerprint density at radius 3 is 2.45 bits per heavy atom. The highest BCUT2D eigenvalue weighted by Gasteiger charge is 2.35. The number of fused-ring (bicyclic) bond motifs is 1. The molecule has 11 heteroatoms. The van der Waals surface area contributed by atoms with Crippen molar-refractivity contribution in [2.45, 2.75) is 51.4 Å². The number of hydrogen-bond acceptors (Lipinski definition) is 6. The van der Waals surface area contributed by atoms with Gasteiger partial charge in [0.15, 0.2) is 5.65 Å². The number of nitrogens with one attached hydrogen (secondary N) is 1. The van der Waals surface area contributed by atoms with E-state index >= 15 is 0 Å². The molecule has 0 aliphatic carbocycles. The Bertz CT molecular complexity index is 1040. The van der Waals surface area contributed by atoms with Crippen LogP contribution >= 0.6 is 11.3 Å². The average Bonchev–Trinajstić information content (AvgIpc) is 3.19. The van der Waals surface area contributed by atoms with Crippen LogP contribution < -0.4 is 5.32 Å². The van der Waals surface area contributed by atoms with Crippen LogP contribution in [0.15, 0.2) is 23.7 Å². The highest BCUT2D eigenvalue weighted by atomic mass is 32.1. The van der Waals surface area contributed by atoms with Crippen molar-refractivity contribution in [1.82, 2.24) is 19.5 Å². The van der Waals surface area contributed by atoms with E-state index in [2.05, 4.69) is 20.3 Å². The van der Waals surface area contributed by atoms with Crippen molar-refractivity contribution in [3.05, 3.63) is 34.4 Å². The van der Waals surface area contributed by atoms with Gasteiger partial charge in [-0.3, -0.25) is 14.7 Å². The predicted molar refractivity (Wildman–Crippen MR) is 102 cm³/mol. The van der Waals surface area contributed by atoms with Crippen LogP contribution in [0.1, 0.15) is 44.8 Å². The van der Waals surface area contributed by atoms with Crippen LogP contribution in [0, 0.1) is 0 Å². The summed E-state index contributed by atoms with van der Waals surface area (Å²) < 4.78 is 40.7.